The number of thiophene rings is 1. The first-order valence-electron chi connectivity index (χ1n) is 9.56. The number of carbonyl (C=O) groups excluding carboxylic acids is 3. The van der Waals surface area contributed by atoms with Crippen LogP contribution in [0.25, 0.3) is 10.9 Å². The Morgan fingerprint density at radius 3 is 2.52 bits per heavy atom. The fourth-order valence-electron chi connectivity index (χ4n) is 2.83. The van der Waals surface area contributed by atoms with Gasteiger partial charge in [-0.15, -0.1) is 11.3 Å². The number of thioether (sulfide) groups is 1. The van der Waals surface area contributed by atoms with Gasteiger partial charge in [0.25, 0.3) is 0 Å². The predicted octanol–water partition coefficient (Wildman–Crippen LogP) is 4.08. The molecule has 0 radical (unpaired) electrons. The molecule has 162 valence electrons. The molecule has 0 saturated carbocycles. The van der Waals surface area contributed by atoms with Crippen molar-refractivity contribution >= 4 is 56.8 Å². The van der Waals surface area contributed by atoms with Crippen LogP contribution in [0.3, 0.4) is 0 Å². The number of carbonyl (C=O) groups is 3. The number of anilines is 1. The fourth-order valence-corrected chi connectivity index (χ4v) is 4.73. The standard InChI is InChI=1S/C21H21N3O5S2/c1-4-28-20(26)16-12(3)17(21(27)29-5-2)31-19(16)24-15(25)10-30-18-13-8-6-7-9-14(13)22-11-23-18/h6-9,11H,4-5,10H2,1-3H3,(H,24,25). The Kier molecular flexibility index (Phi) is 7.59. The van der Waals surface area contributed by atoms with Crippen LogP contribution in [0.1, 0.15) is 39.4 Å². The van der Waals surface area contributed by atoms with Crippen molar-refractivity contribution < 1.29 is 23.9 Å². The van der Waals surface area contributed by atoms with Gasteiger partial charge in [0.2, 0.25) is 5.91 Å². The van der Waals surface area contributed by atoms with Crippen molar-refractivity contribution in [2.45, 2.75) is 25.8 Å². The molecule has 0 fully saturated rings. The Balaban J connectivity index is 1.80. The van der Waals surface area contributed by atoms with Gasteiger partial charge in [-0.05, 0) is 32.4 Å². The molecule has 0 unspecified atom stereocenters. The summed E-state index contributed by atoms with van der Waals surface area (Å²) in [6, 6.07) is 7.53. The van der Waals surface area contributed by atoms with E-state index in [9.17, 15) is 14.4 Å². The lowest BCUT2D eigenvalue weighted by atomic mass is 10.1. The van der Waals surface area contributed by atoms with Gasteiger partial charge in [0.1, 0.15) is 21.2 Å². The quantitative estimate of drug-likeness (QED) is 0.305. The predicted molar refractivity (Wildman–Crippen MR) is 120 cm³/mol. The number of nitrogens with zero attached hydrogens (tertiary/aromatic N) is 2. The summed E-state index contributed by atoms with van der Waals surface area (Å²) in [5.41, 5.74) is 1.38. The number of para-hydroxylation sites is 1. The summed E-state index contributed by atoms with van der Waals surface area (Å²) in [5.74, 6) is -1.42. The lowest BCUT2D eigenvalue weighted by Gasteiger charge is -2.07. The molecule has 31 heavy (non-hydrogen) atoms. The second-order valence-electron chi connectivity index (χ2n) is 6.23. The second-order valence-corrected chi connectivity index (χ2v) is 8.22. The number of hydrogen-bond acceptors (Lipinski definition) is 9. The third-order valence-electron chi connectivity index (χ3n) is 4.19. The van der Waals surface area contributed by atoms with E-state index in [2.05, 4.69) is 15.3 Å². The summed E-state index contributed by atoms with van der Waals surface area (Å²) >= 11 is 2.26. The number of hydrogen-bond donors (Lipinski definition) is 1. The Bertz CT molecular complexity index is 1120. The first-order valence-corrected chi connectivity index (χ1v) is 11.4. The number of aromatic nitrogens is 2. The van der Waals surface area contributed by atoms with Gasteiger partial charge in [-0.2, -0.15) is 0 Å². The van der Waals surface area contributed by atoms with Gasteiger partial charge >= 0.3 is 11.9 Å². The van der Waals surface area contributed by atoms with E-state index in [1.165, 1.54) is 18.1 Å². The topological polar surface area (TPSA) is 107 Å². The smallest absolute Gasteiger partial charge is 0.348 e. The molecule has 0 aliphatic heterocycles. The minimum atomic E-state index is -0.600. The van der Waals surface area contributed by atoms with Crippen LogP contribution in [-0.4, -0.2) is 46.8 Å². The van der Waals surface area contributed by atoms with Crippen molar-refractivity contribution in [3.05, 3.63) is 46.6 Å². The molecule has 2 heterocycles. The van der Waals surface area contributed by atoms with Gasteiger partial charge in [0, 0.05) is 5.39 Å². The highest BCUT2D eigenvalue weighted by atomic mass is 32.2. The highest BCUT2D eigenvalue weighted by Crippen LogP contribution is 2.34. The number of rotatable bonds is 8. The maximum Gasteiger partial charge on any atom is 0.348 e. The Morgan fingerprint density at radius 2 is 1.77 bits per heavy atom. The molecule has 1 N–H and O–H groups in total. The average Bonchev–Trinajstić information content (AvgIpc) is 3.08. The van der Waals surface area contributed by atoms with Crippen LogP contribution >= 0.6 is 23.1 Å². The van der Waals surface area contributed by atoms with Crippen molar-refractivity contribution in [1.82, 2.24) is 9.97 Å². The molecule has 0 spiro atoms. The molecular weight excluding hydrogens is 438 g/mol. The third-order valence-corrected chi connectivity index (χ3v) is 6.38. The lowest BCUT2D eigenvalue weighted by molar-refractivity contribution is -0.113. The van der Waals surface area contributed by atoms with Gasteiger partial charge in [-0.1, -0.05) is 30.0 Å². The highest BCUT2D eigenvalue weighted by molar-refractivity contribution is 8.00. The maximum absolute atomic E-state index is 12.6. The highest BCUT2D eigenvalue weighted by Gasteiger charge is 2.27. The zero-order valence-electron chi connectivity index (χ0n) is 17.3. The molecule has 0 atom stereocenters. The molecule has 3 aromatic rings. The SMILES string of the molecule is CCOC(=O)c1sc(NC(=O)CSc2ncnc3ccccc23)c(C(=O)OCC)c1C. The molecule has 0 bridgehead atoms. The molecule has 1 amide bonds. The van der Waals surface area contributed by atoms with E-state index in [1.54, 1.807) is 20.8 Å². The normalized spacial score (nSPS) is 10.7. The number of fused-ring (bicyclic) bond motifs is 1. The molecule has 2 aromatic heterocycles. The summed E-state index contributed by atoms with van der Waals surface area (Å²) in [5, 5.41) is 4.53. The maximum atomic E-state index is 12.6. The Hall–Kier alpha value is -2.98. The number of amides is 1. The molecule has 0 aliphatic carbocycles. The zero-order valence-corrected chi connectivity index (χ0v) is 18.9. The fraction of sp³-hybridized carbons (Fsp3) is 0.286. The van der Waals surface area contributed by atoms with Crippen LogP contribution in [0.15, 0.2) is 35.6 Å². The van der Waals surface area contributed by atoms with E-state index in [4.69, 9.17) is 9.47 Å². The van der Waals surface area contributed by atoms with Crippen LogP contribution in [0.2, 0.25) is 0 Å². The van der Waals surface area contributed by atoms with E-state index in [-0.39, 0.29) is 40.3 Å². The van der Waals surface area contributed by atoms with Crippen LogP contribution < -0.4 is 5.32 Å². The molecule has 0 aliphatic rings. The summed E-state index contributed by atoms with van der Waals surface area (Å²) < 4.78 is 10.2. The van der Waals surface area contributed by atoms with E-state index in [0.717, 1.165) is 22.2 Å². The van der Waals surface area contributed by atoms with Crippen molar-refractivity contribution in [2.24, 2.45) is 0 Å². The van der Waals surface area contributed by atoms with Gasteiger partial charge in [0.15, 0.2) is 0 Å². The van der Waals surface area contributed by atoms with E-state index < -0.39 is 11.9 Å². The van der Waals surface area contributed by atoms with E-state index in [1.807, 2.05) is 24.3 Å². The van der Waals surface area contributed by atoms with Crippen LogP contribution in [-0.2, 0) is 14.3 Å². The largest absolute Gasteiger partial charge is 0.462 e. The number of nitrogens with one attached hydrogen (secondary N) is 1. The monoisotopic (exact) mass is 459 g/mol. The zero-order chi connectivity index (χ0) is 22.4. The Morgan fingerprint density at radius 1 is 1.06 bits per heavy atom. The van der Waals surface area contributed by atoms with Gasteiger partial charge in [-0.3, -0.25) is 4.79 Å². The minimum absolute atomic E-state index is 0.0644. The number of benzene rings is 1. The molecule has 8 nitrogen and oxygen atoms in total. The van der Waals surface area contributed by atoms with Crippen LogP contribution in [0.4, 0.5) is 5.00 Å². The van der Waals surface area contributed by atoms with Gasteiger partial charge < -0.3 is 14.8 Å². The Labute approximate surface area is 187 Å². The molecule has 1 aromatic carbocycles. The second kappa shape index (κ2) is 10.4. The van der Waals surface area contributed by atoms with Crippen molar-refractivity contribution in [3.8, 4) is 0 Å². The summed E-state index contributed by atoms with van der Waals surface area (Å²) in [6.45, 7) is 5.39. The van der Waals surface area contributed by atoms with E-state index in [0.29, 0.717) is 10.6 Å². The molecule has 0 saturated heterocycles. The van der Waals surface area contributed by atoms with Crippen LogP contribution in [0.5, 0.6) is 0 Å². The summed E-state index contributed by atoms with van der Waals surface area (Å²) in [4.78, 5) is 46.0. The average molecular weight is 460 g/mol. The van der Waals surface area contributed by atoms with Crippen molar-refractivity contribution in [1.29, 1.82) is 0 Å². The number of ether oxygens (including phenoxy) is 2. The molecule has 10 heteroatoms. The molecular formula is C21H21N3O5S2. The van der Waals surface area contributed by atoms with Crippen LogP contribution in [0, 0.1) is 6.92 Å². The first-order chi connectivity index (χ1) is 15.0. The lowest BCUT2D eigenvalue weighted by Crippen LogP contribution is -2.16. The van der Waals surface area contributed by atoms with Crippen molar-refractivity contribution in [2.75, 3.05) is 24.3 Å². The molecule has 3 rings (SSSR count). The van der Waals surface area contributed by atoms with E-state index >= 15 is 0 Å². The first kappa shape index (κ1) is 22.7. The minimum Gasteiger partial charge on any atom is -0.462 e. The summed E-state index contributed by atoms with van der Waals surface area (Å²) in [7, 11) is 0. The number of esters is 2. The van der Waals surface area contributed by atoms with Gasteiger partial charge in [-0.25, -0.2) is 19.6 Å². The third kappa shape index (κ3) is 5.20. The van der Waals surface area contributed by atoms with Crippen molar-refractivity contribution in [3.63, 3.8) is 0 Å². The van der Waals surface area contributed by atoms with Gasteiger partial charge in [0.05, 0.1) is 30.0 Å². The summed E-state index contributed by atoms with van der Waals surface area (Å²) in [6.07, 6.45) is 1.45.